The summed E-state index contributed by atoms with van der Waals surface area (Å²) in [4.78, 5) is 21.9. The number of aromatic nitrogens is 1. The molecule has 0 bridgehead atoms. The van der Waals surface area contributed by atoms with Gasteiger partial charge in [0.2, 0.25) is 11.8 Å². The number of carbonyl (C=O) groups excluding carboxylic acids is 1. The Kier molecular flexibility index (Phi) is 11.0. The zero-order chi connectivity index (χ0) is 25.2. The number of likely N-dealkylation sites (tertiary alicyclic amines) is 2. The van der Waals surface area contributed by atoms with Crippen molar-refractivity contribution in [2.45, 2.75) is 65.8 Å². The summed E-state index contributed by atoms with van der Waals surface area (Å²) in [5.74, 6) is 0.685. The summed E-state index contributed by atoms with van der Waals surface area (Å²) in [6, 6.07) is 4.54. The SMILES string of the molecule is CC.Cc1oc(-c2c(F)cccc2Cl)nc1CN1CCC(C(=O)NCCCN2CCCCC2)CC1. The summed E-state index contributed by atoms with van der Waals surface area (Å²) in [6.07, 6.45) is 6.64. The van der Waals surface area contributed by atoms with Gasteiger partial charge in [-0.2, -0.15) is 0 Å². The van der Waals surface area contributed by atoms with Crippen LogP contribution in [0.25, 0.3) is 11.5 Å². The lowest BCUT2D eigenvalue weighted by atomic mass is 9.95. The van der Waals surface area contributed by atoms with E-state index in [4.69, 9.17) is 16.0 Å². The predicted molar refractivity (Wildman–Crippen MR) is 139 cm³/mol. The third-order valence-electron chi connectivity index (χ3n) is 6.80. The van der Waals surface area contributed by atoms with Crippen molar-refractivity contribution in [1.82, 2.24) is 20.1 Å². The van der Waals surface area contributed by atoms with E-state index < -0.39 is 5.82 Å². The Bertz CT molecular complexity index is 917. The van der Waals surface area contributed by atoms with Gasteiger partial charge in [-0.05, 0) is 83.9 Å². The van der Waals surface area contributed by atoms with E-state index in [-0.39, 0.29) is 28.3 Å². The van der Waals surface area contributed by atoms with Crippen LogP contribution >= 0.6 is 11.6 Å². The average Bonchev–Trinajstić information content (AvgIpc) is 3.23. The van der Waals surface area contributed by atoms with E-state index in [0.29, 0.717) is 12.3 Å². The molecule has 0 spiro atoms. The number of hydrogen-bond acceptors (Lipinski definition) is 5. The molecule has 1 amide bonds. The van der Waals surface area contributed by atoms with Crippen molar-refractivity contribution < 1.29 is 13.6 Å². The molecule has 2 saturated heterocycles. The summed E-state index contributed by atoms with van der Waals surface area (Å²) in [5.41, 5.74) is 0.981. The number of amides is 1. The van der Waals surface area contributed by atoms with Gasteiger partial charge in [-0.15, -0.1) is 0 Å². The van der Waals surface area contributed by atoms with Gasteiger partial charge in [-0.1, -0.05) is 37.9 Å². The van der Waals surface area contributed by atoms with Gasteiger partial charge in [-0.25, -0.2) is 9.37 Å². The highest BCUT2D eigenvalue weighted by atomic mass is 35.5. The van der Waals surface area contributed by atoms with E-state index in [2.05, 4.69) is 20.1 Å². The predicted octanol–water partition coefficient (Wildman–Crippen LogP) is 5.67. The number of nitrogens with zero attached hydrogens (tertiary/aromatic N) is 3. The third-order valence-corrected chi connectivity index (χ3v) is 7.12. The summed E-state index contributed by atoms with van der Waals surface area (Å²) in [7, 11) is 0. The summed E-state index contributed by atoms with van der Waals surface area (Å²) in [5, 5.41) is 3.42. The fraction of sp³-hybridized carbons (Fsp3) is 0.630. The van der Waals surface area contributed by atoms with Gasteiger partial charge in [0.15, 0.2) is 0 Å². The van der Waals surface area contributed by atoms with Crippen LogP contribution < -0.4 is 5.32 Å². The first-order chi connectivity index (χ1) is 17.0. The minimum atomic E-state index is -0.446. The Morgan fingerprint density at radius 2 is 1.86 bits per heavy atom. The number of benzene rings is 1. The molecule has 2 aromatic rings. The Labute approximate surface area is 214 Å². The largest absolute Gasteiger partial charge is 0.441 e. The van der Waals surface area contributed by atoms with Crippen LogP contribution in [0.2, 0.25) is 5.02 Å². The Morgan fingerprint density at radius 3 is 2.54 bits per heavy atom. The maximum atomic E-state index is 14.2. The van der Waals surface area contributed by atoms with Gasteiger partial charge >= 0.3 is 0 Å². The van der Waals surface area contributed by atoms with E-state index in [1.54, 1.807) is 12.1 Å². The molecule has 3 heterocycles. The maximum absolute atomic E-state index is 14.2. The van der Waals surface area contributed by atoms with Gasteiger partial charge in [0.05, 0.1) is 16.3 Å². The minimum absolute atomic E-state index is 0.0717. The fourth-order valence-corrected chi connectivity index (χ4v) is 5.03. The third kappa shape index (κ3) is 7.76. The maximum Gasteiger partial charge on any atom is 0.231 e. The molecule has 1 N–H and O–H groups in total. The van der Waals surface area contributed by atoms with E-state index in [9.17, 15) is 9.18 Å². The summed E-state index contributed by atoms with van der Waals surface area (Å²) >= 11 is 6.16. The highest BCUT2D eigenvalue weighted by molar-refractivity contribution is 6.33. The first-order valence-corrected chi connectivity index (χ1v) is 13.5. The molecule has 0 aliphatic carbocycles. The molecule has 2 aliphatic rings. The number of carbonyl (C=O) groups is 1. The van der Waals surface area contributed by atoms with Crippen LogP contribution in [0.5, 0.6) is 0 Å². The molecule has 0 atom stereocenters. The fourth-order valence-electron chi connectivity index (χ4n) is 4.79. The standard InChI is InChI=1S/C25H34ClFN4O2.C2H6/c1-18-22(29-25(33-18)23-20(26)7-5-8-21(23)27)17-31-15-9-19(10-16-31)24(32)28-11-6-14-30-12-3-2-4-13-30;1-2/h5,7-8,19H,2-4,6,9-17H2,1H3,(H,28,32);1-2H3. The molecular formula is C27H40ClFN4O2. The Balaban J connectivity index is 0.00000167. The highest BCUT2D eigenvalue weighted by Gasteiger charge is 2.26. The molecular weight excluding hydrogens is 467 g/mol. The van der Waals surface area contributed by atoms with Gasteiger partial charge < -0.3 is 14.6 Å². The number of hydrogen-bond donors (Lipinski definition) is 1. The molecule has 35 heavy (non-hydrogen) atoms. The van der Waals surface area contributed by atoms with Crippen molar-refractivity contribution in [1.29, 1.82) is 0 Å². The number of piperidine rings is 2. The van der Waals surface area contributed by atoms with E-state index in [1.807, 2.05) is 20.8 Å². The number of halogens is 2. The van der Waals surface area contributed by atoms with E-state index >= 15 is 0 Å². The van der Waals surface area contributed by atoms with Crippen LogP contribution in [-0.2, 0) is 11.3 Å². The molecule has 2 aliphatic heterocycles. The van der Waals surface area contributed by atoms with Crippen molar-refractivity contribution in [2.24, 2.45) is 5.92 Å². The first kappa shape index (κ1) is 27.6. The van der Waals surface area contributed by atoms with Crippen LogP contribution in [0.4, 0.5) is 4.39 Å². The second-order valence-electron chi connectivity index (χ2n) is 9.22. The van der Waals surface area contributed by atoms with Crippen molar-refractivity contribution in [2.75, 3.05) is 39.3 Å². The van der Waals surface area contributed by atoms with Gasteiger partial charge in [0.1, 0.15) is 11.6 Å². The molecule has 0 unspecified atom stereocenters. The molecule has 0 saturated carbocycles. The van der Waals surface area contributed by atoms with Crippen LogP contribution in [0.3, 0.4) is 0 Å². The van der Waals surface area contributed by atoms with Crippen LogP contribution in [0, 0.1) is 18.7 Å². The molecule has 8 heteroatoms. The molecule has 1 aromatic carbocycles. The second-order valence-corrected chi connectivity index (χ2v) is 9.62. The molecule has 194 valence electrons. The second kappa shape index (κ2) is 14.0. The lowest BCUT2D eigenvalue weighted by molar-refractivity contribution is -0.126. The molecule has 6 nitrogen and oxygen atoms in total. The van der Waals surface area contributed by atoms with E-state index in [0.717, 1.165) is 51.1 Å². The Hall–Kier alpha value is -1.96. The minimum Gasteiger partial charge on any atom is -0.441 e. The molecule has 0 radical (unpaired) electrons. The van der Waals surface area contributed by atoms with Crippen molar-refractivity contribution in [3.8, 4) is 11.5 Å². The summed E-state index contributed by atoms with van der Waals surface area (Å²) in [6.45, 7) is 12.3. The topological polar surface area (TPSA) is 61.6 Å². The average molecular weight is 507 g/mol. The lowest BCUT2D eigenvalue weighted by Gasteiger charge is -2.31. The van der Waals surface area contributed by atoms with Crippen molar-refractivity contribution in [3.63, 3.8) is 0 Å². The number of nitrogens with one attached hydrogen (secondary N) is 1. The normalized spacial score (nSPS) is 17.6. The zero-order valence-corrected chi connectivity index (χ0v) is 22.2. The van der Waals surface area contributed by atoms with Crippen molar-refractivity contribution >= 4 is 17.5 Å². The lowest BCUT2D eigenvalue weighted by Crippen LogP contribution is -2.41. The smallest absolute Gasteiger partial charge is 0.231 e. The van der Waals surface area contributed by atoms with Crippen molar-refractivity contribution in [3.05, 3.63) is 40.5 Å². The van der Waals surface area contributed by atoms with E-state index in [1.165, 1.54) is 38.4 Å². The number of rotatable bonds is 8. The van der Waals surface area contributed by atoms with Gasteiger partial charge in [-0.3, -0.25) is 9.69 Å². The monoisotopic (exact) mass is 506 g/mol. The number of oxazole rings is 1. The molecule has 2 fully saturated rings. The van der Waals surface area contributed by atoms with Crippen LogP contribution in [0.15, 0.2) is 22.6 Å². The highest BCUT2D eigenvalue weighted by Crippen LogP contribution is 2.31. The Morgan fingerprint density at radius 1 is 1.14 bits per heavy atom. The van der Waals surface area contributed by atoms with Gasteiger partial charge in [0.25, 0.3) is 0 Å². The molecule has 1 aromatic heterocycles. The zero-order valence-electron chi connectivity index (χ0n) is 21.4. The van der Waals surface area contributed by atoms with Crippen LogP contribution in [-0.4, -0.2) is 60.0 Å². The molecule has 4 rings (SSSR count). The first-order valence-electron chi connectivity index (χ1n) is 13.1. The quantitative estimate of drug-likeness (QED) is 0.467. The number of aryl methyl sites for hydroxylation is 1. The van der Waals surface area contributed by atoms with Crippen LogP contribution in [0.1, 0.15) is 63.8 Å². The summed E-state index contributed by atoms with van der Waals surface area (Å²) < 4.78 is 20.0. The van der Waals surface area contributed by atoms with Gasteiger partial charge in [0, 0.05) is 19.0 Å².